The summed E-state index contributed by atoms with van der Waals surface area (Å²) >= 11 is 0. The van der Waals surface area contributed by atoms with Crippen LogP contribution in [0.25, 0.3) is 0 Å². The van der Waals surface area contributed by atoms with E-state index in [1.807, 2.05) is 26.8 Å². The van der Waals surface area contributed by atoms with Gasteiger partial charge in [-0.3, -0.25) is 0 Å². The van der Waals surface area contributed by atoms with Crippen molar-refractivity contribution in [2.45, 2.75) is 39.7 Å². The van der Waals surface area contributed by atoms with Gasteiger partial charge in [-0.2, -0.15) is 0 Å². The molecule has 0 atom stereocenters. The fourth-order valence-electron chi connectivity index (χ4n) is 1.56. The maximum atomic E-state index is 11.8. The fraction of sp³-hybridized carbons (Fsp3) is 0.615. The third-order valence-electron chi connectivity index (χ3n) is 2.41. The normalized spacial score (nSPS) is 17.2. The maximum Gasteiger partial charge on any atom is 0.410 e. The van der Waals surface area contributed by atoms with E-state index in [0.29, 0.717) is 18.8 Å². The molecule has 0 aromatic carbocycles. The van der Waals surface area contributed by atoms with Gasteiger partial charge in [0.1, 0.15) is 5.60 Å². The van der Waals surface area contributed by atoms with Crippen LogP contribution in [0.15, 0.2) is 23.7 Å². The monoisotopic (exact) mass is 254 g/mol. The summed E-state index contributed by atoms with van der Waals surface area (Å²) in [6, 6.07) is 0. The summed E-state index contributed by atoms with van der Waals surface area (Å²) in [5.41, 5.74) is 1.24. The Morgan fingerprint density at radius 3 is 2.67 bits per heavy atom. The van der Waals surface area contributed by atoms with Gasteiger partial charge in [0.2, 0.25) is 0 Å². The molecule has 1 heterocycles. The number of hydrogen-bond donors (Lipinski definition) is 2. The molecule has 5 heteroatoms. The molecule has 5 nitrogen and oxygen atoms in total. The zero-order valence-corrected chi connectivity index (χ0v) is 11.5. The minimum Gasteiger partial charge on any atom is -0.514 e. The van der Waals surface area contributed by atoms with Crippen LogP contribution >= 0.6 is 0 Å². The number of carbonyl (C=O) groups is 1. The summed E-state index contributed by atoms with van der Waals surface area (Å²) in [6.45, 7) is 8.48. The summed E-state index contributed by atoms with van der Waals surface area (Å²) in [4.78, 5) is 13.5. The van der Waals surface area contributed by atoms with Gasteiger partial charge in [-0.05, 0) is 33.8 Å². The number of allylic oxidation sites excluding steroid dienone is 1. The van der Waals surface area contributed by atoms with Crippen molar-refractivity contribution >= 4 is 6.09 Å². The predicted octanol–water partition coefficient (Wildman–Crippen LogP) is 2.52. The molecule has 0 aromatic rings. The van der Waals surface area contributed by atoms with Gasteiger partial charge in [0.25, 0.3) is 0 Å². The molecule has 1 amide bonds. The molecule has 102 valence electrons. The number of hydrogen-bond acceptors (Lipinski definition) is 4. The van der Waals surface area contributed by atoms with E-state index < -0.39 is 5.60 Å². The molecule has 1 rings (SSSR count). The zero-order chi connectivity index (χ0) is 13.8. The lowest BCUT2D eigenvalue weighted by Crippen LogP contribution is -2.40. The third-order valence-corrected chi connectivity index (χ3v) is 2.41. The Kier molecular flexibility index (Phi) is 4.64. The lowest BCUT2D eigenvalue weighted by Gasteiger charge is -2.29. The Bertz CT molecular complexity index is 367. The lowest BCUT2D eigenvalue weighted by molar-refractivity contribution is 0.0265. The van der Waals surface area contributed by atoms with E-state index in [2.05, 4.69) is 5.32 Å². The first-order chi connectivity index (χ1) is 8.31. The van der Waals surface area contributed by atoms with Crippen LogP contribution in [0, 0.1) is 0 Å². The van der Waals surface area contributed by atoms with E-state index in [4.69, 9.17) is 9.84 Å². The fourth-order valence-corrected chi connectivity index (χ4v) is 1.56. The van der Waals surface area contributed by atoms with E-state index in [1.165, 1.54) is 0 Å². The zero-order valence-electron chi connectivity index (χ0n) is 11.5. The van der Waals surface area contributed by atoms with Crippen LogP contribution in [0.3, 0.4) is 0 Å². The molecular formula is C13H22N2O3. The van der Waals surface area contributed by atoms with Gasteiger partial charge in [-0.25, -0.2) is 4.79 Å². The second-order valence-corrected chi connectivity index (χ2v) is 5.34. The van der Waals surface area contributed by atoms with Gasteiger partial charge in [0.05, 0.1) is 6.26 Å². The highest BCUT2D eigenvalue weighted by molar-refractivity contribution is 5.68. The van der Waals surface area contributed by atoms with Crippen LogP contribution in [0.4, 0.5) is 4.79 Å². The summed E-state index contributed by atoms with van der Waals surface area (Å²) in [6.07, 6.45) is 3.40. The number of amides is 1. The second-order valence-electron chi connectivity index (χ2n) is 5.34. The number of nitrogens with zero attached hydrogens (tertiary/aromatic N) is 1. The molecule has 1 aliphatic rings. The Balaban J connectivity index is 2.50. The first kappa shape index (κ1) is 14.4. The average Bonchev–Trinajstić information content (AvgIpc) is 2.27. The van der Waals surface area contributed by atoms with Crippen LogP contribution in [0.2, 0.25) is 0 Å². The summed E-state index contributed by atoms with van der Waals surface area (Å²) in [5, 5.41) is 11.9. The highest BCUT2D eigenvalue weighted by Gasteiger charge is 2.23. The molecule has 0 radical (unpaired) electrons. The number of nitrogens with one attached hydrogen (secondary N) is 1. The van der Waals surface area contributed by atoms with E-state index in [9.17, 15) is 4.79 Å². The van der Waals surface area contributed by atoms with Crippen molar-refractivity contribution in [2.75, 3.05) is 13.1 Å². The van der Waals surface area contributed by atoms with Crippen molar-refractivity contribution in [3.8, 4) is 0 Å². The van der Waals surface area contributed by atoms with Crippen molar-refractivity contribution in [3.63, 3.8) is 0 Å². The molecule has 2 N–H and O–H groups in total. The smallest absolute Gasteiger partial charge is 0.410 e. The molecule has 0 bridgehead atoms. The van der Waals surface area contributed by atoms with Crippen LogP contribution in [-0.4, -0.2) is 34.8 Å². The molecule has 0 spiro atoms. The van der Waals surface area contributed by atoms with Gasteiger partial charge < -0.3 is 20.1 Å². The average molecular weight is 254 g/mol. The molecule has 0 aromatic heterocycles. The molecule has 0 fully saturated rings. The summed E-state index contributed by atoms with van der Waals surface area (Å²) < 4.78 is 5.30. The van der Waals surface area contributed by atoms with Crippen LogP contribution < -0.4 is 5.32 Å². The molecule has 1 aliphatic heterocycles. The number of ether oxygens (including phenoxy) is 1. The summed E-state index contributed by atoms with van der Waals surface area (Å²) in [7, 11) is 0. The Labute approximate surface area is 108 Å². The van der Waals surface area contributed by atoms with E-state index >= 15 is 0 Å². The van der Waals surface area contributed by atoms with E-state index in [1.54, 1.807) is 11.8 Å². The van der Waals surface area contributed by atoms with Crippen molar-refractivity contribution in [3.05, 3.63) is 23.7 Å². The number of aliphatic hydroxyl groups excluding tert-OH is 1. The minimum atomic E-state index is -0.463. The van der Waals surface area contributed by atoms with Crippen molar-refractivity contribution < 1.29 is 14.6 Å². The van der Waals surface area contributed by atoms with Gasteiger partial charge in [-0.1, -0.05) is 0 Å². The standard InChI is InChI=1S/C13H22N2O3/c1-10(9-16)14-11-5-7-15(8-6-11)12(17)18-13(2,3)4/h5,9,14,16H,6-8H2,1-4H3/b10-9+. The molecule has 18 heavy (non-hydrogen) atoms. The first-order valence-corrected chi connectivity index (χ1v) is 6.07. The molecule has 0 saturated heterocycles. The van der Waals surface area contributed by atoms with E-state index in [0.717, 1.165) is 18.4 Å². The SMILES string of the molecule is C/C(=C\O)NC1=CCN(C(=O)OC(C)(C)C)CC1. The molecule has 0 aliphatic carbocycles. The van der Waals surface area contributed by atoms with Crippen molar-refractivity contribution in [1.29, 1.82) is 0 Å². The molecule has 0 unspecified atom stereocenters. The second kappa shape index (κ2) is 5.80. The topological polar surface area (TPSA) is 61.8 Å². The van der Waals surface area contributed by atoms with Gasteiger partial charge >= 0.3 is 6.09 Å². The Morgan fingerprint density at radius 1 is 1.56 bits per heavy atom. The number of rotatable bonds is 2. The largest absolute Gasteiger partial charge is 0.514 e. The van der Waals surface area contributed by atoms with Crippen LogP contribution in [0.5, 0.6) is 0 Å². The van der Waals surface area contributed by atoms with Gasteiger partial charge in [0.15, 0.2) is 0 Å². The number of carbonyl (C=O) groups excluding carboxylic acids is 1. The van der Waals surface area contributed by atoms with E-state index in [-0.39, 0.29) is 6.09 Å². The van der Waals surface area contributed by atoms with Crippen molar-refractivity contribution in [2.24, 2.45) is 0 Å². The van der Waals surface area contributed by atoms with Gasteiger partial charge in [-0.15, -0.1) is 0 Å². The highest BCUT2D eigenvalue weighted by Crippen LogP contribution is 2.14. The number of aliphatic hydroxyl groups is 1. The molecule has 0 saturated carbocycles. The van der Waals surface area contributed by atoms with Crippen LogP contribution in [-0.2, 0) is 4.74 Å². The maximum absolute atomic E-state index is 11.8. The summed E-state index contributed by atoms with van der Waals surface area (Å²) in [5.74, 6) is 0. The Morgan fingerprint density at radius 2 is 2.22 bits per heavy atom. The molecular weight excluding hydrogens is 232 g/mol. The third kappa shape index (κ3) is 4.69. The minimum absolute atomic E-state index is 0.285. The van der Waals surface area contributed by atoms with Crippen LogP contribution in [0.1, 0.15) is 34.1 Å². The van der Waals surface area contributed by atoms with Crippen molar-refractivity contribution in [1.82, 2.24) is 10.2 Å². The highest BCUT2D eigenvalue weighted by atomic mass is 16.6. The lowest BCUT2D eigenvalue weighted by atomic mass is 10.2. The first-order valence-electron chi connectivity index (χ1n) is 6.07. The quantitative estimate of drug-likeness (QED) is 0.743. The predicted molar refractivity (Wildman–Crippen MR) is 70.0 cm³/mol. The van der Waals surface area contributed by atoms with Gasteiger partial charge in [0, 0.05) is 30.9 Å². The Hall–Kier alpha value is -1.65.